The van der Waals surface area contributed by atoms with Crippen molar-refractivity contribution in [3.8, 4) is 11.5 Å². The molecule has 0 saturated heterocycles. The van der Waals surface area contributed by atoms with E-state index in [-0.39, 0.29) is 23.6 Å². The highest BCUT2D eigenvalue weighted by Crippen LogP contribution is 2.47. The molecule has 2 aromatic carbocycles. The Morgan fingerprint density at radius 2 is 1.54 bits per heavy atom. The van der Waals surface area contributed by atoms with Crippen LogP contribution in [0.3, 0.4) is 0 Å². The van der Waals surface area contributed by atoms with Gasteiger partial charge in [-0.1, -0.05) is 24.3 Å². The van der Waals surface area contributed by atoms with E-state index in [9.17, 15) is 37.9 Å². The predicted octanol–water partition coefficient (Wildman–Crippen LogP) is 1.13. The molecular weight excluding hydrogens is 414 g/mol. The van der Waals surface area contributed by atoms with Crippen molar-refractivity contribution in [3.63, 3.8) is 0 Å². The van der Waals surface area contributed by atoms with E-state index in [1.54, 1.807) is 0 Å². The van der Waals surface area contributed by atoms with Gasteiger partial charge < -0.3 is 20.6 Å². The molecule has 3 rings (SSSR count). The molecule has 0 amide bonds. The van der Waals surface area contributed by atoms with Gasteiger partial charge in [-0.3, -0.25) is 14.1 Å². The summed E-state index contributed by atoms with van der Waals surface area (Å²) in [6.07, 6.45) is -1.14. The maximum Gasteiger partial charge on any atom is 0.302 e. The summed E-state index contributed by atoms with van der Waals surface area (Å²) in [4.78, 5) is 24.5. The fraction of sp³-hybridized carbons (Fsp3) is 0.176. The summed E-state index contributed by atoms with van der Waals surface area (Å²) in [5.74, 6) is -4.25. The molecular formula is C17H14ClNO8S. The largest absolute Gasteiger partial charge is 0.506 e. The number of aliphatic hydroxyl groups is 1. The molecule has 0 bridgehead atoms. The summed E-state index contributed by atoms with van der Waals surface area (Å²) in [6.45, 7) is -0.317. The Balaban J connectivity index is 2.37. The standard InChI is InChI=1S/C17H14ClNO8S/c18-5-7(20)6-19-12-10-11(15(23)17(16(12)24)28(25,26)27)14(22)9-4-2-1-3-8(9)13(10)21/h1-4,7,19-20,23-24H,5-6H2,(H,25,26,27). The van der Waals surface area contributed by atoms with E-state index >= 15 is 0 Å². The molecule has 1 atom stereocenters. The van der Waals surface area contributed by atoms with Crippen molar-refractivity contribution in [2.45, 2.75) is 11.0 Å². The van der Waals surface area contributed by atoms with Crippen molar-refractivity contribution < 1.29 is 37.9 Å². The Bertz CT molecular complexity index is 1110. The Kier molecular flexibility index (Phi) is 5.06. The molecule has 148 valence electrons. The number of benzene rings is 2. The molecule has 1 aliphatic rings. The van der Waals surface area contributed by atoms with Crippen molar-refractivity contribution >= 4 is 39.0 Å². The van der Waals surface area contributed by atoms with E-state index in [1.807, 2.05) is 0 Å². The fourth-order valence-electron chi connectivity index (χ4n) is 2.99. The first-order valence-electron chi connectivity index (χ1n) is 7.85. The van der Waals surface area contributed by atoms with Gasteiger partial charge in [-0.2, -0.15) is 8.42 Å². The van der Waals surface area contributed by atoms with Gasteiger partial charge in [-0.25, -0.2) is 0 Å². The second-order valence-electron chi connectivity index (χ2n) is 6.02. The lowest BCUT2D eigenvalue weighted by Gasteiger charge is -2.24. The highest BCUT2D eigenvalue weighted by atomic mass is 35.5. The van der Waals surface area contributed by atoms with Crippen LogP contribution in [-0.4, -0.2) is 58.4 Å². The third-order valence-electron chi connectivity index (χ3n) is 4.22. The van der Waals surface area contributed by atoms with Gasteiger partial charge in [-0.05, 0) is 0 Å². The van der Waals surface area contributed by atoms with Gasteiger partial charge in [0.1, 0.15) is 0 Å². The van der Waals surface area contributed by atoms with Gasteiger partial charge in [0.05, 0.1) is 28.8 Å². The van der Waals surface area contributed by atoms with Crippen LogP contribution in [0.1, 0.15) is 31.8 Å². The zero-order chi connectivity index (χ0) is 20.8. The van der Waals surface area contributed by atoms with E-state index in [2.05, 4.69) is 5.32 Å². The first-order chi connectivity index (χ1) is 13.1. The second-order valence-corrected chi connectivity index (χ2v) is 7.69. The van der Waals surface area contributed by atoms with E-state index in [4.69, 9.17) is 11.6 Å². The zero-order valence-electron chi connectivity index (χ0n) is 14.0. The number of phenols is 2. The Labute approximate surface area is 163 Å². The number of aliphatic hydroxyl groups excluding tert-OH is 1. The van der Waals surface area contributed by atoms with Crippen LogP contribution in [0.25, 0.3) is 0 Å². The lowest BCUT2D eigenvalue weighted by Crippen LogP contribution is -2.26. The Hall–Kier alpha value is -2.66. The number of anilines is 1. The summed E-state index contributed by atoms with van der Waals surface area (Å²) in [6, 6.07) is 5.67. The number of nitrogens with one attached hydrogen (secondary N) is 1. The summed E-state index contributed by atoms with van der Waals surface area (Å²) >= 11 is 5.50. The van der Waals surface area contributed by atoms with Crippen molar-refractivity contribution in [2.75, 3.05) is 17.7 Å². The monoisotopic (exact) mass is 427 g/mol. The van der Waals surface area contributed by atoms with Gasteiger partial charge in [0.2, 0.25) is 0 Å². The van der Waals surface area contributed by atoms with Crippen molar-refractivity contribution in [3.05, 3.63) is 46.5 Å². The van der Waals surface area contributed by atoms with E-state index in [1.165, 1.54) is 24.3 Å². The highest BCUT2D eigenvalue weighted by molar-refractivity contribution is 7.86. The third-order valence-corrected chi connectivity index (χ3v) is 5.48. The maximum absolute atomic E-state index is 12.9. The first-order valence-corrected chi connectivity index (χ1v) is 9.82. The van der Waals surface area contributed by atoms with Crippen molar-refractivity contribution in [2.24, 2.45) is 0 Å². The van der Waals surface area contributed by atoms with Crippen LogP contribution in [0, 0.1) is 0 Å². The molecule has 11 heteroatoms. The topological polar surface area (TPSA) is 161 Å². The molecule has 0 aromatic heterocycles. The van der Waals surface area contributed by atoms with E-state index < -0.39 is 61.0 Å². The number of alkyl halides is 1. The Morgan fingerprint density at radius 1 is 1.00 bits per heavy atom. The molecule has 28 heavy (non-hydrogen) atoms. The van der Waals surface area contributed by atoms with E-state index in [0.29, 0.717) is 0 Å². The quantitative estimate of drug-likeness (QED) is 0.174. The smallest absolute Gasteiger partial charge is 0.302 e. The Morgan fingerprint density at radius 3 is 2.04 bits per heavy atom. The number of aromatic hydroxyl groups is 2. The number of carbonyl (C=O) groups is 2. The average molecular weight is 428 g/mol. The van der Waals surface area contributed by atoms with Crippen molar-refractivity contribution in [1.82, 2.24) is 0 Å². The summed E-state index contributed by atoms with van der Waals surface area (Å²) in [7, 11) is -5.17. The molecule has 0 aliphatic heterocycles. The predicted molar refractivity (Wildman–Crippen MR) is 98.1 cm³/mol. The normalized spacial score (nSPS) is 14.4. The minimum Gasteiger partial charge on any atom is -0.506 e. The van der Waals surface area contributed by atoms with Crippen molar-refractivity contribution in [1.29, 1.82) is 0 Å². The molecule has 0 saturated carbocycles. The highest BCUT2D eigenvalue weighted by Gasteiger charge is 2.40. The van der Waals surface area contributed by atoms with Crippen LogP contribution < -0.4 is 5.32 Å². The molecule has 9 nitrogen and oxygen atoms in total. The number of hydrogen-bond donors (Lipinski definition) is 5. The van der Waals surface area contributed by atoms with Crippen LogP contribution in [0.4, 0.5) is 5.69 Å². The SMILES string of the molecule is O=C1c2ccccc2C(=O)c2c(NCC(O)CCl)c(O)c(S(=O)(=O)O)c(O)c21. The van der Waals surface area contributed by atoms with Crippen LogP contribution in [0.5, 0.6) is 11.5 Å². The third kappa shape index (κ3) is 3.10. The van der Waals surface area contributed by atoms with Crippen LogP contribution in [0.15, 0.2) is 29.2 Å². The van der Waals surface area contributed by atoms with Gasteiger partial charge in [0, 0.05) is 17.7 Å². The maximum atomic E-state index is 12.9. The molecule has 0 fully saturated rings. The molecule has 0 heterocycles. The summed E-state index contributed by atoms with van der Waals surface area (Å²) in [5, 5.41) is 32.8. The van der Waals surface area contributed by atoms with E-state index in [0.717, 1.165) is 0 Å². The van der Waals surface area contributed by atoms with Gasteiger partial charge in [-0.15, -0.1) is 11.6 Å². The number of carbonyl (C=O) groups excluding carboxylic acids is 2. The number of rotatable bonds is 5. The number of halogens is 1. The molecule has 1 aliphatic carbocycles. The number of phenolic OH excluding ortho intramolecular Hbond substituents is 2. The molecule has 2 aromatic rings. The molecule has 5 N–H and O–H groups in total. The van der Waals surface area contributed by atoms with Crippen LogP contribution in [-0.2, 0) is 10.1 Å². The number of ketones is 2. The summed E-state index contributed by atoms with van der Waals surface area (Å²) < 4.78 is 32.8. The minimum atomic E-state index is -5.17. The van der Waals surface area contributed by atoms with Crippen LogP contribution >= 0.6 is 11.6 Å². The zero-order valence-corrected chi connectivity index (χ0v) is 15.6. The van der Waals surface area contributed by atoms with Gasteiger partial charge in [0.15, 0.2) is 28.0 Å². The average Bonchev–Trinajstić information content (AvgIpc) is 2.63. The molecule has 0 radical (unpaired) electrons. The summed E-state index contributed by atoms with van der Waals surface area (Å²) in [5.41, 5.74) is -1.78. The number of fused-ring (bicyclic) bond motifs is 2. The lowest BCUT2D eigenvalue weighted by atomic mass is 9.82. The molecule has 0 spiro atoms. The molecule has 1 unspecified atom stereocenters. The first kappa shape index (κ1) is 20.1. The lowest BCUT2D eigenvalue weighted by molar-refractivity contribution is 0.0976. The van der Waals surface area contributed by atoms with Crippen LogP contribution in [0.2, 0.25) is 0 Å². The van der Waals surface area contributed by atoms with Gasteiger partial charge in [0.25, 0.3) is 0 Å². The minimum absolute atomic E-state index is 0.0145. The number of hydrogen-bond acceptors (Lipinski definition) is 8. The second kappa shape index (κ2) is 7.06. The van der Waals surface area contributed by atoms with Gasteiger partial charge >= 0.3 is 10.1 Å². The fourth-order valence-corrected chi connectivity index (χ4v) is 3.79.